The zero-order valence-electron chi connectivity index (χ0n) is 6.90. The molecule has 1 nitrogen and oxygen atoms in total. The first-order valence-electron chi connectivity index (χ1n) is 3.97. The van der Waals surface area contributed by atoms with Gasteiger partial charge in [-0.05, 0) is 11.1 Å². The zero-order valence-corrected chi connectivity index (χ0v) is 8.48. The van der Waals surface area contributed by atoms with Crippen LogP contribution in [0.5, 0.6) is 0 Å². The molecule has 0 radical (unpaired) electrons. The first kappa shape index (κ1) is 8.85. The number of rotatable bonds is 1. The molecule has 0 bridgehead atoms. The average Bonchev–Trinajstić information content (AvgIpc) is 2.20. The van der Waals surface area contributed by atoms with Gasteiger partial charge in [-0.2, -0.15) is 0 Å². The number of nitrogens with zero attached hydrogens (tertiary/aromatic N) is 1. The summed E-state index contributed by atoms with van der Waals surface area (Å²) in [5.74, 6) is 0.909. The third kappa shape index (κ3) is 2.14. The fourth-order valence-corrected chi connectivity index (χ4v) is 2.01. The van der Waals surface area contributed by atoms with Crippen molar-refractivity contribution in [2.24, 2.45) is 4.99 Å². The van der Waals surface area contributed by atoms with E-state index in [4.69, 9.17) is 11.6 Å². The maximum atomic E-state index is 5.74. The summed E-state index contributed by atoms with van der Waals surface area (Å²) in [5, 5.41) is 0. The van der Waals surface area contributed by atoms with Crippen LogP contribution in [0.25, 0.3) is 5.57 Å². The topological polar surface area (TPSA) is 12.4 Å². The minimum absolute atomic E-state index is 0.625. The van der Waals surface area contributed by atoms with Gasteiger partial charge in [0, 0.05) is 12.0 Å². The van der Waals surface area contributed by atoms with Gasteiger partial charge in [0.25, 0.3) is 0 Å². The van der Waals surface area contributed by atoms with Gasteiger partial charge in [-0.15, -0.1) is 0 Å². The first-order valence-corrected chi connectivity index (χ1v) is 5.33. The predicted octanol–water partition coefficient (Wildman–Crippen LogP) is 3.37. The normalized spacial score (nSPS) is 16.4. The summed E-state index contributed by atoms with van der Waals surface area (Å²) in [4.78, 5) is 4.07. The third-order valence-electron chi connectivity index (χ3n) is 1.81. The lowest BCUT2D eigenvalue weighted by Gasteiger charge is -2.09. The van der Waals surface area contributed by atoms with Crippen molar-refractivity contribution < 1.29 is 0 Å². The maximum Gasteiger partial charge on any atom is 0.162 e. The number of thioether (sulfide) groups is 1. The van der Waals surface area contributed by atoms with E-state index in [1.54, 1.807) is 11.8 Å². The molecule has 0 amide bonds. The highest BCUT2D eigenvalue weighted by atomic mass is 35.5. The Morgan fingerprint density at radius 1 is 1.23 bits per heavy atom. The summed E-state index contributed by atoms with van der Waals surface area (Å²) in [6, 6.07) is 10.2. The summed E-state index contributed by atoms with van der Waals surface area (Å²) < 4.78 is 0.625. The number of aliphatic imine (C=N–C) groups is 1. The largest absolute Gasteiger partial charge is 0.237 e. The van der Waals surface area contributed by atoms with Gasteiger partial charge in [0.1, 0.15) is 0 Å². The highest BCUT2D eigenvalue weighted by molar-refractivity contribution is 8.17. The number of halogens is 1. The smallest absolute Gasteiger partial charge is 0.162 e. The quantitative estimate of drug-likeness (QED) is 0.691. The molecule has 0 fully saturated rings. The second kappa shape index (κ2) is 3.99. The van der Waals surface area contributed by atoms with Crippen LogP contribution in [0.2, 0.25) is 0 Å². The summed E-state index contributed by atoms with van der Waals surface area (Å²) in [6.45, 7) is 0. The van der Waals surface area contributed by atoms with Gasteiger partial charge in [0.15, 0.2) is 4.50 Å². The predicted molar refractivity (Wildman–Crippen MR) is 60.2 cm³/mol. The van der Waals surface area contributed by atoms with E-state index in [9.17, 15) is 0 Å². The lowest BCUT2D eigenvalue weighted by molar-refractivity contribution is 1.50. The van der Waals surface area contributed by atoms with Gasteiger partial charge in [0.2, 0.25) is 0 Å². The molecule has 0 atom stereocenters. The van der Waals surface area contributed by atoms with E-state index in [0.29, 0.717) is 4.50 Å². The molecule has 1 aromatic carbocycles. The van der Waals surface area contributed by atoms with Gasteiger partial charge in [-0.1, -0.05) is 53.7 Å². The van der Waals surface area contributed by atoms with Crippen molar-refractivity contribution in [3.8, 4) is 0 Å². The number of benzene rings is 1. The summed E-state index contributed by atoms with van der Waals surface area (Å²) in [7, 11) is 0. The van der Waals surface area contributed by atoms with E-state index in [-0.39, 0.29) is 0 Å². The molecule has 1 aliphatic heterocycles. The van der Waals surface area contributed by atoms with Crippen LogP contribution in [0.15, 0.2) is 41.5 Å². The maximum absolute atomic E-state index is 5.74. The zero-order chi connectivity index (χ0) is 9.10. The van der Waals surface area contributed by atoms with Crippen molar-refractivity contribution in [2.45, 2.75) is 0 Å². The number of hydrogen-bond acceptors (Lipinski definition) is 2. The van der Waals surface area contributed by atoms with Crippen LogP contribution < -0.4 is 0 Å². The van der Waals surface area contributed by atoms with Crippen molar-refractivity contribution in [3.63, 3.8) is 0 Å². The Hall–Kier alpha value is -0.730. The fourth-order valence-electron chi connectivity index (χ4n) is 1.15. The van der Waals surface area contributed by atoms with E-state index in [1.807, 2.05) is 24.4 Å². The Morgan fingerprint density at radius 2 is 2.00 bits per heavy atom. The Balaban J connectivity index is 2.29. The fraction of sp³-hybridized carbons (Fsp3) is 0.100. The van der Waals surface area contributed by atoms with Gasteiger partial charge >= 0.3 is 0 Å². The molecule has 0 aromatic heterocycles. The average molecular weight is 210 g/mol. The highest BCUT2D eigenvalue weighted by Gasteiger charge is 2.07. The summed E-state index contributed by atoms with van der Waals surface area (Å²) in [5.41, 5.74) is 2.46. The molecule has 0 saturated carbocycles. The molecule has 1 aromatic rings. The standard InChI is InChI=1S/C10H8ClNS/c11-10-12-6-9(7-13-10)8-4-2-1-3-5-8/h1-6H,7H2. The molecule has 0 aliphatic carbocycles. The van der Waals surface area contributed by atoms with Crippen molar-refractivity contribution >= 4 is 33.4 Å². The third-order valence-corrected chi connectivity index (χ3v) is 3.04. The second-order valence-corrected chi connectivity index (χ2v) is 4.24. The molecular formula is C10H8ClNS. The highest BCUT2D eigenvalue weighted by Crippen LogP contribution is 2.25. The van der Waals surface area contributed by atoms with E-state index in [0.717, 1.165) is 5.75 Å². The van der Waals surface area contributed by atoms with Crippen LogP contribution in [0.4, 0.5) is 0 Å². The van der Waals surface area contributed by atoms with Gasteiger partial charge < -0.3 is 0 Å². The van der Waals surface area contributed by atoms with Crippen LogP contribution >= 0.6 is 23.4 Å². The second-order valence-electron chi connectivity index (χ2n) is 2.69. The van der Waals surface area contributed by atoms with Crippen molar-refractivity contribution in [3.05, 3.63) is 42.1 Å². The molecule has 0 N–H and O–H groups in total. The molecule has 0 spiro atoms. The lowest BCUT2D eigenvalue weighted by Crippen LogP contribution is -1.94. The van der Waals surface area contributed by atoms with Crippen LogP contribution in [-0.2, 0) is 0 Å². The Morgan fingerprint density at radius 3 is 2.62 bits per heavy atom. The molecule has 3 heteroatoms. The van der Waals surface area contributed by atoms with Crippen LogP contribution in [0, 0.1) is 0 Å². The summed E-state index contributed by atoms with van der Waals surface area (Å²) >= 11 is 7.31. The minimum Gasteiger partial charge on any atom is -0.237 e. The van der Waals surface area contributed by atoms with Gasteiger partial charge in [-0.3, -0.25) is 0 Å². The molecule has 0 saturated heterocycles. The Kier molecular flexibility index (Phi) is 2.71. The van der Waals surface area contributed by atoms with Crippen LogP contribution in [0.3, 0.4) is 0 Å². The molecule has 1 aliphatic rings. The number of hydrogen-bond donors (Lipinski definition) is 0. The van der Waals surface area contributed by atoms with E-state index in [2.05, 4.69) is 17.1 Å². The molecular weight excluding hydrogens is 202 g/mol. The van der Waals surface area contributed by atoms with Crippen molar-refractivity contribution in [1.82, 2.24) is 0 Å². The SMILES string of the molecule is ClC1=NC=C(c2ccccc2)CS1. The first-order chi connectivity index (χ1) is 6.36. The lowest BCUT2D eigenvalue weighted by atomic mass is 10.1. The van der Waals surface area contributed by atoms with E-state index >= 15 is 0 Å². The Bertz CT molecular complexity index is 356. The van der Waals surface area contributed by atoms with Gasteiger partial charge in [-0.25, -0.2) is 4.99 Å². The van der Waals surface area contributed by atoms with Crippen molar-refractivity contribution in [1.29, 1.82) is 0 Å². The Labute approximate surface area is 86.5 Å². The van der Waals surface area contributed by atoms with Crippen LogP contribution in [0.1, 0.15) is 5.56 Å². The van der Waals surface area contributed by atoms with E-state index < -0.39 is 0 Å². The monoisotopic (exact) mass is 209 g/mol. The molecule has 13 heavy (non-hydrogen) atoms. The van der Waals surface area contributed by atoms with Crippen LogP contribution in [-0.4, -0.2) is 10.3 Å². The molecule has 1 heterocycles. The molecule has 2 rings (SSSR count). The molecule has 66 valence electrons. The minimum atomic E-state index is 0.625. The van der Waals surface area contributed by atoms with Gasteiger partial charge in [0.05, 0.1) is 0 Å². The van der Waals surface area contributed by atoms with E-state index in [1.165, 1.54) is 11.1 Å². The summed E-state index contributed by atoms with van der Waals surface area (Å²) in [6.07, 6.45) is 1.84. The molecule has 0 unspecified atom stereocenters. The van der Waals surface area contributed by atoms with Crippen molar-refractivity contribution in [2.75, 3.05) is 5.75 Å².